The standard InChI is InChI=1S/C21H27N3O3/c1-26-14-13-23-11-4-9-21(20(23)25)10-12-24(15-21)18-8-7-16-5-3-6-17(27-2)19(16)22-18/h3,5-8H,4,9-15H2,1-2H3. The van der Waals surface area contributed by atoms with Crippen LogP contribution in [0.1, 0.15) is 19.3 Å². The highest BCUT2D eigenvalue weighted by Crippen LogP contribution is 2.41. The van der Waals surface area contributed by atoms with E-state index in [4.69, 9.17) is 14.5 Å². The van der Waals surface area contributed by atoms with Gasteiger partial charge in [-0.15, -0.1) is 0 Å². The van der Waals surface area contributed by atoms with Crippen LogP contribution in [0.3, 0.4) is 0 Å². The Morgan fingerprint density at radius 3 is 2.85 bits per heavy atom. The largest absolute Gasteiger partial charge is 0.494 e. The molecule has 0 radical (unpaired) electrons. The van der Waals surface area contributed by atoms with Gasteiger partial charge in [0.25, 0.3) is 0 Å². The molecule has 2 aliphatic heterocycles. The zero-order valence-electron chi connectivity index (χ0n) is 16.1. The van der Waals surface area contributed by atoms with Gasteiger partial charge in [0.2, 0.25) is 5.91 Å². The average Bonchev–Trinajstić information content (AvgIpc) is 3.13. The van der Waals surface area contributed by atoms with Crippen LogP contribution in [0.2, 0.25) is 0 Å². The Labute approximate surface area is 160 Å². The van der Waals surface area contributed by atoms with Crippen molar-refractivity contribution in [3.05, 3.63) is 30.3 Å². The SMILES string of the molecule is COCCN1CCCC2(CCN(c3ccc4cccc(OC)c4n3)C2)C1=O. The number of fused-ring (bicyclic) bond motifs is 1. The molecule has 4 rings (SSSR count). The van der Waals surface area contributed by atoms with Crippen molar-refractivity contribution in [2.75, 3.05) is 51.9 Å². The molecule has 0 bridgehead atoms. The number of aromatic nitrogens is 1. The lowest BCUT2D eigenvalue weighted by Crippen LogP contribution is -2.51. The van der Waals surface area contributed by atoms with Gasteiger partial charge in [-0.2, -0.15) is 0 Å². The summed E-state index contributed by atoms with van der Waals surface area (Å²) in [6.07, 6.45) is 2.91. The minimum absolute atomic E-state index is 0.274. The molecular weight excluding hydrogens is 342 g/mol. The summed E-state index contributed by atoms with van der Waals surface area (Å²) in [7, 11) is 3.35. The van der Waals surface area contributed by atoms with Crippen molar-refractivity contribution in [3.8, 4) is 5.75 Å². The van der Waals surface area contributed by atoms with Gasteiger partial charge >= 0.3 is 0 Å². The minimum atomic E-state index is -0.274. The Hall–Kier alpha value is -2.34. The van der Waals surface area contributed by atoms with Crippen molar-refractivity contribution in [1.29, 1.82) is 0 Å². The van der Waals surface area contributed by atoms with Crippen molar-refractivity contribution in [1.82, 2.24) is 9.88 Å². The zero-order valence-corrected chi connectivity index (χ0v) is 16.1. The number of benzene rings is 1. The number of methoxy groups -OCH3 is 2. The number of piperidine rings is 1. The third-order valence-corrected chi connectivity index (χ3v) is 5.96. The van der Waals surface area contributed by atoms with E-state index in [1.54, 1.807) is 14.2 Å². The number of hydrogen-bond acceptors (Lipinski definition) is 5. The van der Waals surface area contributed by atoms with Gasteiger partial charge in [-0.05, 0) is 37.5 Å². The number of hydrogen-bond donors (Lipinski definition) is 0. The van der Waals surface area contributed by atoms with E-state index in [-0.39, 0.29) is 11.3 Å². The molecular formula is C21H27N3O3. The number of amides is 1. The van der Waals surface area contributed by atoms with Crippen molar-refractivity contribution >= 4 is 22.6 Å². The lowest BCUT2D eigenvalue weighted by molar-refractivity contribution is -0.145. The van der Waals surface area contributed by atoms with Gasteiger partial charge < -0.3 is 19.3 Å². The van der Waals surface area contributed by atoms with Crippen LogP contribution in [0.15, 0.2) is 30.3 Å². The molecule has 1 aromatic heterocycles. The Morgan fingerprint density at radius 1 is 1.15 bits per heavy atom. The number of likely N-dealkylation sites (tertiary alicyclic amines) is 1. The predicted octanol–water partition coefficient (Wildman–Crippen LogP) is 2.71. The number of rotatable bonds is 5. The maximum absolute atomic E-state index is 13.1. The van der Waals surface area contributed by atoms with Gasteiger partial charge in [0.15, 0.2) is 0 Å². The summed E-state index contributed by atoms with van der Waals surface area (Å²) in [5, 5.41) is 1.06. The maximum atomic E-state index is 13.1. The quantitative estimate of drug-likeness (QED) is 0.811. The third-order valence-electron chi connectivity index (χ3n) is 5.96. The second-order valence-corrected chi connectivity index (χ2v) is 7.54. The monoisotopic (exact) mass is 369 g/mol. The maximum Gasteiger partial charge on any atom is 0.230 e. The number of pyridine rings is 1. The zero-order chi connectivity index (χ0) is 18.9. The van der Waals surface area contributed by atoms with Crippen LogP contribution < -0.4 is 9.64 Å². The molecule has 2 saturated heterocycles. The summed E-state index contributed by atoms with van der Waals surface area (Å²) in [5.74, 6) is 1.99. The van der Waals surface area contributed by atoms with Gasteiger partial charge in [0, 0.05) is 38.7 Å². The van der Waals surface area contributed by atoms with Crippen LogP contribution in [0, 0.1) is 5.41 Å². The number of para-hydroxylation sites is 1. The number of carbonyl (C=O) groups is 1. The Kier molecular flexibility index (Phi) is 4.91. The number of carbonyl (C=O) groups excluding carboxylic acids is 1. The van der Waals surface area contributed by atoms with E-state index in [2.05, 4.69) is 17.0 Å². The summed E-state index contributed by atoms with van der Waals surface area (Å²) in [4.78, 5) is 22.2. The summed E-state index contributed by atoms with van der Waals surface area (Å²) in [6, 6.07) is 10.1. The Balaban J connectivity index is 1.57. The smallest absolute Gasteiger partial charge is 0.230 e. The first-order chi connectivity index (χ1) is 13.2. The fourth-order valence-corrected chi connectivity index (χ4v) is 4.46. The molecule has 1 atom stereocenters. The van der Waals surface area contributed by atoms with Gasteiger partial charge in [-0.25, -0.2) is 4.98 Å². The first-order valence-electron chi connectivity index (χ1n) is 9.64. The highest BCUT2D eigenvalue weighted by molar-refractivity contribution is 5.87. The van der Waals surface area contributed by atoms with Crippen LogP contribution in [-0.2, 0) is 9.53 Å². The first-order valence-corrected chi connectivity index (χ1v) is 9.64. The number of nitrogens with zero attached hydrogens (tertiary/aromatic N) is 3. The molecule has 6 nitrogen and oxygen atoms in total. The minimum Gasteiger partial charge on any atom is -0.494 e. The molecule has 2 aromatic rings. The number of ether oxygens (including phenoxy) is 2. The van der Waals surface area contributed by atoms with E-state index in [0.29, 0.717) is 13.2 Å². The third kappa shape index (κ3) is 3.23. The molecule has 2 aliphatic rings. The van der Waals surface area contributed by atoms with Crippen molar-refractivity contribution < 1.29 is 14.3 Å². The highest BCUT2D eigenvalue weighted by Gasteiger charge is 2.48. The van der Waals surface area contributed by atoms with Gasteiger partial charge in [0.1, 0.15) is 17.1 Å². The number of anilines is 1. The normalized spacial score (nSPS) is 22.8. The van der Waals surface area contributed by atoms with Gasteiger partial charge in [-0.1, -0.05) is 12.1 Å². The Bertz CT molecular complexity index is 841. The second-order valence-electron chi connectivity index (χ2n) is 7.54. The molecule has 1 unspecified atom stereocenters. The summed E-state index contributed by atoms with van der Waals surface area (Å²) in [5.41, 5.74) is 0.596. The van der Waals surface area contributed by atoms with E-state index in [0.717, 1.165) is 61.4 Å². The fourth-order valence-electron chi connectivity index (χ4n) is 4.46. The van der Waals surface area contributed by atoms with Crippen LogP contribution in [0.25, 0.3) is 10.9 Å². The Morgan fingerprint density at radius 2 is 2.04 bits per heavy atom. The molecule has 0 saturated carbocycles. The fraction of sp³-hybridized carbons (Fsp3) is 0.524. The van der Waals surface area contributed by atoms with Crippen LogP contribution in [-0.4, -0.2) is 62.8 Å². The average molecular weight is 369 g/mol. The highest BCUT2D eigenvalue weighted by atomic mass is 16.5. The molecule has 0 aliphatic carbocycles. The second kappa shape index (κ2) is 7.35. The van der Waals surface area contributed by atoms with Crippen LogP contribution in [0.5, 0.6) is 5.75 Å². The molecule has 2 fully saturated rings. The van der Waals surface area contributed by atoms with E-state index in [9.17, 15) is 4.79 Å². The van der Waals surface area contributed by atoms with Crippen molar-refractivity contribution in [2.24, 2.45) is 5.41 Å². The van der Waals surface area contributed by atoms with E-state index >= 15 is 0 Å². The van der Waals surface area contributed by atoms with Gasteiger partial charge in [-0.3, -0.25) is 4.79 Å². The molecule has 1 aromatic carbocycles. The lowest BCUT2D eigenvalue weighted by Gasteiger charge is -2.39. The molecule has 0 N–H and O–H groups in total. The van der Waals surface area contributed by atoms with E-state index < -0.39 is 0 Å². The lowest BCUT2D eigenvalue weighted by atomic mass is 9.78. The molecule has 1 amide bonds. The predicted molar refractivity (Wildman–Crippen MR) is 105 cm³/mol. The molecule has 3 heterocycles. The van der Waals surface area contributed by atoms with E-state index in [1.165, 1.54) is 0 Å². The molecule has 27 heavy (non-hydrogen) atoms. The summed E-state index contributed by atoms with van der Waals surface area (Å²) in [6.45, 7) is 3.72. The molecule has 6 heteroatoms. The van der Waals surface area contributed by atoms with Crippen molar-refractivity contribution in [3.63, 3.8) is 0 Å². The van der Waals surface area contributed by atoms with Crippen LogP contribution >= 0.6 is 0 Å². The van der Waals surface area contributed by atoms with E-state index in [1.807, 2.05) is 23.1 Å². The van der Waals surface area contributed by atoms with Crippen molar-refractivity contribution in [2.45, 2.75) is 19.3 Å². The summed E-state index contributed by atoms with van der Waals surface area (Å²) < 4.78 is 10.6. The van der Waals surface area contributed by atoms with Gasteiger partial charge in [0.05, 0.1) is 19.1 Å². The van der Waals surface area contributed by atoms with Crippen LogP contribution in [0.4, 0.5) is 5.82 Å². The molecule has 144 valence electrons. The molecule has 1 spiro atoms. The summed E-state index contributed by atoms with van der Waals surface area (Å²) >= 11 is 0. The first kappa shape index (κ1) is 18.0. The topological polar surface area (TPSA) is 54.9 Å².